The fraction of sp³-hybridized carbons (Fsp3) is 0.350. The van der Waals surface area contributed by atoms with Crippen molar-refractivity contribution in [2.24, 2.45) is 0 Å². The van der Waals surface area contributed by atoms with E-state index >= 15 is 0 Å². The molecule has 2 heterocycles. The molecular formula is C20H22N2O3. The first-order chi connectivity index (χ1) is 12.2. The number of ether oxygens (including phenoxy) is 2. The Bertz CT molecular complexity index is 790. The molecule has 0 aromatic heterocycles. The van der Waals surface area contributed by atoms with E-state index in [0.29, 0.717) is 31.5 Å². The standard InChI is InChI=1S/C20H22N2O3/c1-14-11-15-5-2-3-6-17(15)22(14)13-20(23)21-16-7-8-18-19(12-16)25-10-4-9-24-18/h2-3,5-8,12,14H,4,9-11,13H2,1H3,(H,21,23)/t14-/m1/s1. The van der Waals surface area contributed by atoms with Crippen LogP contribution in [-0.4, -0.2) is 31.7 Å². The Morgan fingerprint density at radius 1 is 1.16 bits per heavy atom. The fourth-order valence-corrected chi connectivity index (χ4v) is 3.47. The number of nitrogens with one attached hydrogen (secondary N) is 1. The van der Waals surface area contributed by atoms with Crippen molar-refractivity contribution in [2.45, 2.75) is 25.8 Å². The van der Waals surface area contributed by atoms with Crippen LogP contribution >= 0.6 is 0 Å². The Hall–Kier alpha value is -2.69. The number of hydrogen-bond donors (Lipinski definition) is 1. The molecule has 0 saturated carbocycles. The van der Waals surface area contributed by atoms with E-state index in [1.807, 2.05) is 30.3 Å². The number of benzene rings is 2. The Morgan fingerprint density at radius 2 is 1.96 bits per heavy atom. The average molecular weight is 338 g/mol. The highest BCUT2D eigenvalue weighted by atomic mass is 16.5. The van der Waals surface area contributed by atoms with Crippen LogP contribution in [0.15, 0.2) is 42.5 Å². The van der Waals surface area contributed by atoms with Crippen molar-refractivity contribution in [3.63, 3.8) is 0 Å². The zero-order valence-corrected chi connectivity index (χ0v) is 14.3. The SMILES string of the molecule is C[C@@H]1Cc2ccccc2N1CC(=O)Nc1ccc2c(c1)OCCCO2. The molecule has 25 heavy (non-hydrogen) atoms. The molecule has 0 bridgehead atoms. The molecule has 0 fully saturated rings. The Morgan fingerprint density at radius 3 is 2.84 bits per heavy atom. The third kappa shape index (κ3) is 3.27. The molecule has 0 spiro atoms. The van der Waals surface area contributed by atoms with Crippen LogP contribution in [0.2, 0.25) is 0 Å². The molecule has 0 radical (unpaired) electrons. The number of anilines is 2. The second kappa shape index (κ2) is 6.67. The Kier molecular flexibility index (Phi) is 4.22. The Labute approximate surface area is 147 Å². The number of carbonyl (C=O) groups excluding carboxylic acids is 1. The smallest absolute Gasteiger partial charge is 0.243 e. The van der Waals surface area contributed by atoms with Crippen LogP contribution in [-0.2, 0) is 11.2 Å². The van der Waals surface area contributed by atoms with Crippen molar-refractivity contribution in [3.05, 3.63) is 48.0 Å². The molecule has 4 rings (SSSR count). The maximum Gasteiger partial charge on any atom is 0.243 e. The van der Waals surface area contributed by atoms with Crippen LogP contribution < -0.4 is 19.7 Å². The molecule has 130 valence electrons. The first kappa shape index (κ1) is 15.8. The van der Waals surface area contributed by atoms with Crippen molar-refractivity contribution in [2.75, 3.05) is 30.0 Å². The fourth-order valence-electron chi connectivity index (χ4n) is 3.47. The highest BCUT2D eigenvalue weighted by Crippen LogP contribution is 2.33. The van der Waals surface area contributed by atoms with Gasteiger partial charge in [0, 0.05) is 29.9 Å². The van der Waals surface area contributed by atoms with Crippen LogP contribution in [0, 0.1) is 0 Å². The third-order valence-electron chi connectivity index (χ3n) is 4.69. The van der Waals surface area contributed by atoms with Gasteiger partial charge in [0.1, 0.15) is 0 Å². The van der Waals surface area contributed by atoms with Gasteiger partial charge in [-0.1, -0.05) is 18.2 Å². The number of fused-ring (bicyclic) bond motifs is 2. The van der Waals surface area contributed by atoms with E-state index in [0.717, 1.165) is 30.0 Å². The normalized spacial score (nSPS) is 18.4. The number of carbonyl (C=O) groups is 1. The van der Waals surface area contributed by atoms with E-state index in [-0.39, 0.29) is 5.91 Å². The molecule has 1 atom stereocenters. The number of hydrogen-bond acceptors (Lipinski definition) is 4. The molecular weight excluding hydrogens is 316 g/mol. The van der Waals surface area contributed by atoms with Gasteiger partial charge >= 0.3 is 0 Å². The predicted molar refractivity (Wildman–Crippen MR) is 97.6 cm³/mol. The second-order valence-corrected chi connectivity index (χ2v) is 6.57. The lowest BCUT2D eigenvalue weighted by Crippen LogP contribution is -2.37. The maximum atomic E-state index is 12.5. The first-order valence-corrected chi connectivity index (χ1v) is 8.75. The van der Waals surface area contributed by atoms with Gasteiger partial charge in [0.05, 0.1) is 19.8 Å². The molecule has 2 aliphatic heterocycles. The minimum absolute atomic E-state index is 0.0296. The summed E-state index contributed by atoms with van der Waals surface area (Å²) in [7, 11) is 0. The zero-order chi connectivity index (χ0) is 17.2. The molecule has 2 aliphatic rings. The van der Waals surface area contributed by atoms with Gasteiger partial charge in [0.2, 0.25) is 5.91 Å². The molecule has 5 nitrogen and oxygen atoms in total. The largest absolute Gasteiger partial charge is 0.490 e. The molecule has 5 heteroatoms. The summed E-state index contributed by atoms with van der Waals surface area (Å²) in [5, 5.41) is 2.97. The van der Waals surface area contributed by atoms with E-state index in [4.69, 9.17) is 9.47 Å². The predicted octanol–water partition coefficient (Wildman–Crippen LogP) is 3.24. The summed E-state index contributed by atoms with van der Waals surface area (Å²) in [6.45, 7) is 3.78. The monoisotopic (exact) mass is 338 g/mol. The number of para-hydroxylation sites is 1. The van der Waals surface area contributed by atoms with E-state index in [1.54, 1.807) is 0 Å². The lowest BCUT2D eigenvalue weighted by atomic mass is 10.1. The molecule has 2 aromatic rings. The summed E-state index contributed by atoms with van der Waals surface area (Å²) < 4.78 is 11.3. The van der Waals surface area contributed by atoms with Gasteiger partial charge in [0.25, 0.3) is 0 Å². The highest BCUT2D eigenvalue weighted by Gasteiger charge is 2.27. The average Bonchev–Trinajstić information content (AvgIpc) is 2.78. The minimum Gasteiger partial charge on any atom is -0.490 e. The summed E-state index contributed by atoms with van der Waals surface area (Å²) in [6, 6.07) is 14.1. The summed E-state index contributed by atoms with van der Waals surface area (Å²) in [5.41, 5.74) is 3.19. The lowest BCUT2D eigenvalue weighted by molar-refractivity contribution is -0.115. The van der Waals surface area contributed by atoms with E-state index < -0.39 is 0 Å². The zero-order valence-electron chi connectivity index (χ0n) is 14.3. The number of amides is 1. The van der Waals surface area contributed by atoms with Gasteiger partial charge in [-0.2, -0.15) is 0 Å². The van der Waals surface area contributed by atoms with Crippen LogP contribution in [0.1, 0.15) is 18.9 Å². The van der Waals surface area contributed by atoms with Crippen molar-refractivity contribution in [1.82, 2.24) is 0 Å². The van der Waals surface area contributed by atoms with Crippen LogP contribution in [0.4, 0.5) is 11.4 Å². The lowest BCUT2D eigenvalue weighted by Gasteiger charge is -2.24. The van der Waals surface area contributed by atoms with Crippen molar-refractivity contribution >= 4 is 17.3 Å². The van der Waals surface area contributed by atoms with E-state index in [9.17, 15) is 4.79 Å². The second-order valence-electron chi connectivity index (χ2n) is 6.57. The molecule has 2 aromatic carbocycles. The van der Waals surface area contributed by atoms with E-state index in [2.05, 4.69) is 29.3 Å². The molecule has 1 N–H and O–H groups in total. The summed E-state index contributed by atoms with van der Waals surface area (Å²) in [5.74, 6) is 1.39. The topological polar surface area (TPSA) is 50.8 Å². The minimum atomic E-state index is -0.0296. The van der Waals surface area contributed by atoms with Gasteiger partial charge < -0.3 is 19.7 Å². The first-order valence-electron chi connectivity index (χ1n) is 8.75. The summed E-state index contributed by atoms with van der Waals surface area (Å²) in [4.78, 5) is 14.7. The van der Waals surface area contributed by atoms with Crippen molar-refractivity contribution in [3.8, 4) is 11.5 Å². The van der Waals surface area contributed by atoms with Gasteiger partial charge in [-0.3, -0.25) is 4.79 Å². The third-order valence-corrected chi connectivity index (χ3v) is 4.69. The molecule has 0 saturated heterocycles. The van der Waals surface area contributed by atoms with Crippen molar-refractivity contribution < 1.29 is 14.3 Å². The van der Waals surface area contributed by atoms with Gasteiger partial charge in [-0.05, 0) is 37.1 Å². The van der Waals surface area contributed by atoms with E-state index in [1.165, 1.54) is 5.56 Å². The van der Waals surface area contributed by atoms with Crippen LogP contribution in [0.5, 0.6) is 11.5 Å². The van der Waals surface area contributed by atoms with Crippen LogP contribution in [0.3, 0.4) is 0 Å². The van der Waals surface area contributed by atoms with Gasteiger partial charge in [0.15, 0.2) is 11.5 Å². The van der Waals surface area contributed by atoms with Gasteiger partial charge in [-0.15, -0.1) is 0 Å². The summed E-state index contributed by atoms with van der Waals surface area (Å²) >= 11 is 0. The Balaban J connectivity index is 1.45. The molecule has 0 aliphatic carbocycles. The van der Waals surface area contributed by atoms with Crippen LogP contribution in [0.25, 0.3) is 0 Å². The molecule has 1 amide bonds. The maximum absolute atomic E-state index is 12.5. The molecule has 0 unspecified atom stereocenters. The number of nitrogens with zero attached hydrogens (tertiary/aromatic N) is 1. The number of rotatable bonds is 3. The van der Waals surface area contributed by atoms with Gasteiger partial charge in [-0.25, -0.2) is 0 Å². The van der Waals surface area contributed by atoms with Crippen molar-refractivity contribution in [1.29, 1.82) is 0 Å². The quantitative estimate of drug-likeness (QED) is 0.933. The highest BCUT2D eigenvalue weighted by molar-refractivity contribution is 5.94. The summed E-state index contributed by atoms with van der Waals surface area (Å²) in [6.07, 6.45) is 1.84.